The highest BCUT2D eigenvalue weighted by atomic mass is 16.6. The summed E-state index contributed by atoms with van der Waals surface area (Å²) in [6, 6.07) is 12.8. The number of nitrogens with one attached hydrogen (secondary N) is 1. The number of carbonyl (C=O) groups excluding carboxylic acids is 2. The Morgan fingerprint density at radius 2 is 1.90 bits per heavy atom. The third-order valence-electron chi connectivity index (χ3n) is 5.38. The minimum atomic E-state index is -0.385. The molecular formula is C23H26N2O5. The Morgan fingerprint density at radius 1 is 1.17 bits per heavy atom. The first-order valence-corrected chi connectivity index (χ1v) is 10.3. The van der Waals surface area contributed by atoms with Crippen molar-refractivity contribution in [3.8, 4) is 17.2 Å². The number of amides is 2. The summed E-state index contributed by atoms with van der Waals surface area (Å²) in [5, 5.41) is 3.03. The maximum absolute atomic E-state index is 12.8. The first-order valence-electron chi connectivity index (χ1n) is 10.3. The van der Waals surface area contributed by atoms with Crippen LogP contribution in [0.4, 0.5) is 5.69 Å². The van der Waals surface area contributed by atoms with Gasteiger partial charge >= 0.3 is 0 Å². The lowest BCUT2D eigenvalue weighted by atomic mass is 10.0. The van der Waals surface area contributed by atoms with E-state index in [2.05, 4.69) is 5.32 Å². The summed E-state index contributed by atoms with van der Waals surface area (Å²) in [6.45, 7) is 5.86. The van der Waals surface area contributed by atoms with Gasteiger partial charge in [0.15, 0.2) is 11.5 Å². The molecule has 2 aliphatic heterocycles. The molecule has 1 N–H and O–H groups in total. The van der Waals surface area contributed by atoms with Crippen LogP contribution < -0.4 is 24.4 Å². The van der Waals surface area contributed by atoms with E-state index < -0.39 is 0 Å². The van der Waals surface area contributed by atoms with E-state index in [1.165, 1.54) is 0 Å². The predicted octanol–water partition coefficient (Wildman–Crippen LogP) is 3.09. The number of benzene rings is 2. The molecule has 2 aromatic rings. The molecule has 7 nitrogen and oxygen atoms in total. The topological polar surface area (TPSA) is 77.1 Å². The third kappa shape index (κ3) is 4.20. The van der Waals surface area contributed by atoms with Gasteiger partial charge in [0.05, 0.1) is 18.6 Å². The Bertz CT molecular complexity index is 928. The summed E-state index contributed by atoms with van der Waals surface area (Å²) in [4.78, 5) is 27.0. The Hall–Kier alpha value is -3.22. The minimum absolute atomic E-state index is 0.0497. The highest BCUT2D eigenvalue weighted by Crippen LogP contribution is 2.33. The number of anilines is 1. The Kier molecular flexibility index (Phi) is 5.79. The molecule has 0 spiro atoms. The number of carbonyl (C=O) groups is 2. The molecule has 0 saturated carbocycles. The zero-order valence-electron chi connectivity index (χ0n) is 17.2. The van der Waals surface area contributed by atoms with Crippen LogP contribution >= 0.6 is 0 Å². The van der Waals surface area contributed by atoms with Gasteiger partial charge < -0.3 is 24.4 Å². The third-order valence-corrected chi connectivity index (χ3v) is 5.38. The quantitative estimate of drug-likeness (QED) is 0.792. The van der Waals surface area contributed by atoms with Crippen molar-refractivity contribution in [1.29, 1.82) is 0 Å². The molecule has 7 heteroatoms. The highest BCUT2D eigenvalue weighted by Gasteiger charge is 2.35. The first kappa shape index (κ1) is 20.1. The summed E-state index contributed by atoms with van der Waals surface area (Å²) >= 11 is 0. The molecular weight excluding hydrogens is 384 g/mol. The van der Waals surface area contributed by atoms with Gasteiger partial charge in [0.25, 0.3) is 0 Å². The Morgan fingerprint density at radius 3 is 2.63 bits per heavy atom. The number of fused-ring (bicyclic) bond motifs is 1. The molecule has 0 radical (unpaired) electrons. The normalized spacial score (nSPS) is 18.8. The van der Waals surface area contributed by atoms with E-state index in [9.17, 15) is 9.59 Å². The minimum Gasteiger partial charge on any atom is -0.494 e. The standard InChI is InChI=1S/C23H26N2O5/c1-3-28-19-7-5-18(6-8-19)25-14-17(13-22(25)26)23(27)24-15(2)16-4-9-20-21(12-16)30-11-10-29-20/h4-9,12,15,17H,3,10-11,13-14H2,1-2H3,(H,24,27). The summed E-state index contributed by atoms with van der Waals surface area (Å²) in [5.74, 6) is 1.61. The average Bonchev–Trinajstić information content (AvgIpc) is 3.16. The van der Waals surface area contributed by atoms with Crippen molar-refractivity contribution in [2.24, 2.45) is 5.92 Å². The molecule has 158 valence electrons. The van der Waals surface area contributed by atoms with Crippen molar-refractivity contribution in [3.63, 3.8) is 0 Å². The lowest BCUT2D eigenvalue weighted by Gasteiger charge is -2.22. The number of hydrogen-bond acceptors (Lipinski definition) is 5. The monoisotopic (exact) mass is 410 g/mol. The molecule has 0 aliphatic carbocycles. The van der Waals surface area contributed by atoms with Gasteiger partial charge in [-0.3, -0.25) is 9.59 Å². The number of hydrogen-bond donors (Lipinski definition) is 1. The first-order chi connectivity index (χ1) is 14.5. The molecule has 2 heterocycles. The van der Waals surface area contributed by atoms with E-state index in [-0.39, 0.29) is 30.2 Å². The van der Waals surface area contributed by atoms with Gasteiger partial charge in [-0.1, -0.05) is 6.07 Å². The maximum Gasteiger partial charge on any atom is 0.227 e. The second kappa shape index (κ2) is 8.65. The second-order valence-corrected chi connectivity index (χ2v) is 7.47. The molecule has 2 atom stereocenters. The van der Waals surface area contributed by atoms with Crippen LogP contribution in [0, 0.1) is 5.92 Å². The molecule has 1 saturated heterocycles. The SMILES string of the molecule is CCOc1ccc(N2CC(C(=O)NC(C)c3ccc4c(c3)OCCO4)CC2=O)cc1. The number of nitrogens with zero attached hydrogens (tertiary/aromatic N) is 1. The van der Waals surface area contributed by atoms with E-state index in [1.807, 2.05) is 56.3 Å². The van der Waals surface area contributed by atoms with Crippen molar-refractivity contribution in [2.75, 3.05) is 31.3 Å². The molecule has 0 aromatic heterocycles. The molecule has 2 amide bonds. The van der Waals surface area contributed by atoms with Crippen LogP contribution in [0.1, 0.15) is 31.9 Å². The maximum atomic E-state index is 12.8. The van der Waals surface area contributed by atoms with Crippen LogP contribution in [-0.4, -0.2) is 38.2 Å². The predicted molar refractivity (Wildman–Crippen MR) is 112 cm³/mol. The molecule has 4 rings (SSSR count). The summed E-state index contributed by atoms with van der Waals surface area (Å²) in [7, 11) is 0. The van der Waals surface area contributed by atoms with Gasteiger partial charge in [0.1, 0.15) is 19.0 Å². The lowest BCUT2D eigenvalue weighted by Crippen LogP contribution is -2.34. The van der Waals surface area contributed by atoms with Gasteiger partial charge in [0.2, 0.25) is 11.8 Å². The molecule has 30 heavy (non-hydrogen) atoms. The largest absolute Gasteiger partial charge is 0.494 e. The van der Waals surface area contributed by atoms with Crippen LogP contribution in [0.5, 0.6) is 17.2 Å². The Balaban J connectivity index is 1.38. The van der Waals surface area contributed by atoms with E-state index in [0.29, 0.717) is 32.1 Å². The average molecular weight is 410 g/mol. The Labute approximate surface area is 175 Å². The fourth-order valence-corrected chi connectivity index (χ4v) is 3.77. The van der Waals surface area contributed by atoms with Crippen molar-refractivity contribution >= 4 is 17.5 Å². The molecule has 1 fully saturated rings. The van der Waals surface area contributed by atoms with Crippen molar-refractivity contribution < 1.29 is 23.8 Å². The number of rotatable bonds is 6. The highest BCUT2D eigenvalue weighted by molar-refractivity contribution is 6.00. The van der Waals surface area contributed by atoms with Gasteiger partial charge in [-0.25, -0.2) is 0 Å². The fourth-order valence-electron chi connectivity index (χ4n) is 3.77. The van der Waals surface area contributed by atoms with Gasteiger partial charge in [-0.15, -0.1) is 0 Å². The van der Waals surface area contributed by atoms with Crippen molar-refractivity contribution in [1.82, 2.24) is 5.32 Å². The lowest BCUT2D eigenvalue weighted by molar-refractivity contribution is -0.126. The number of ether oxygens (including phenoxy) is 3. The van der Waals surface area contributed by atoms with Gasteiger partial charge in [-0.05, 0) is 55.8 Å². The van der Waals surface area contributed by atoms with Crippen LogP contribution in [-0.2, 0) is 9.59 Å². The smallest absolute Gasteiger partial charge is 0.227 e. The van der Waals surface area contributed by atoms with Crippen LogP contribution in [0.3, 0.4) is 0 Å². The van der Waals surface area contributed by atoms with Crippen LogP contribution in [0.2, 0.25) is 0 Å². The summed E-state index contributed by atoms with van der Waals surface area (Å²) in [6.07, 6.45) is 0.201. The van der Waals surface area contributed by atoms with Crippen molar-refractivity contribution in [3.05, 3.63) is 48.0 Å². The van der Waals surface area contributed by atoms with Crippen LogP contribution in [0.25, 0.3) is 0 Å². The molecule has 0 bridgehead atoms. The zero-order chi connectivity index (χ0) is 21.1. The second-order valence-electron chi connectivity index (χ2n) is 7.47. The van der Waals surface area contributed by atoms with Gasteiger partial charge in [0, 0.05) is 18.7 Å². The van der Waals surface area contributed by atoms with Gasteiger partial charge in [-0.2, -0.15) is 0 Å². The van der Waals surface area contributed by atoms with E-state index in [0.717, 1.165) is 22.7 Å². The van der Waals surface area contributed by atoms with E-state index in [4.69, 9.17) is 14.2 Å². The van der Waals surface area contributed by atoms with E-state index in [1.54, 1.807) is 4.90 Å². The fraction of sp³-hybridized carbons (Fsp3) is 0.391. The molecule has 2 aromatic carbocycles. The molecule has 2 unspecified atom stereocenters. The zero-order valence-corrected chi connectivity index (χ0v) is 17.2. The molecule has 2 aliphatic rings. The van der Waals surface area contributed by atoms with E-state index >= 15 is 0 Å². The van der Waals surface area contributed by atoms with Crippen molar-refractivity contribution in [2.45, 2.75) is 26.3 Å². The summed E-state index contributed by atoms with van der Waals surface area (Å²) < 4.78 is 16.6. The summed E-state index contributed by atoms with van der Waals surface area (Å²) in [5.41, 5.74) is 1.71. The van der Waals surface area contributed by atoms with Crippen LogP contribution in [0.15, 0.2) is 42.5 Å².